The van der Waals surface area contributed by atoms with Crippen LogP contribution in [-0.2, 0) is 9.47 Å². The second-order valence-corrected chi connectivity index (χ2v) is 7.88. The van der Waals surface area contributed by atoms with Gasteiger partial charge in [-0.1, -0.05) is 51.4 Å². The lowest BCUT2D eigenvalue weighted by atomic mass is 10.0. The number of halogens is 5. The monoisotopic (exact) mass is 416 g/mol. The van der Waals surface area contributed by atoms with Crippen molar-refractivity contribution in [3.63, 3.8) is 0 Å². The minimum absolute atomic E-state index is 0.0701. The normalized spacial score (nSPS) is 18.5. The Hall–Kier alpha value is -0.430. The van der Waals surface area contributed by atoms with Crippen LogP contribution in [0.4, 0.5) is 22.0 Å². The molecule has 2 nitrogen and oxygen atoms in total. The summed E-state index contributed by atoms with van der Waals surface area (Å²) < 4.78 is 72.8. The first-order valence-electron chi connectivity index (χ1n) is 11.0. The van der Waals surface area contributed by atoms with Gasteiger partial charge in [0, 0.05) is 26.2 Å². The average Bonchev–Trinajstić information content (AvgIpc) is 2.64. The highest BCUT2D eigenvalue weighted by molar-refractivity contribution is 4.75. The van der Waals surface area contributed by atoms with E-state index in [0.29, 0.717) is 12.5 Å². The summed E-state index contributed by atoms with van der Waals surface area (Å²) in [6.45, 7) is 2.47. The Balaban J connectivity index is 1.76. The molecular weight excluding hydrogens is 379 g/mol. The lowest BCUT2D eigenvalue weighted by Gasteiger charge is -2.22. The van der Waals surface area contributed by atoms with Crippen molar-refractivity contribution >= 4 is 0 Å². The SMILES string of the molecule is FC(F)(F)C(F)(F)CCCCCCCCCCCCOCCC1CCCCO1. The molecule has 0 aliphatic carbocycles. The van der Waals surface area contributed by atoms with Crippen molar-refractivity contribution in [3.8, 4) is 0 Å². The maximum absolute atomic E-state index is 12.7. The highest BCUT2D eigenvalue weighted by Gasteiger charge is 2.56. The average molecular weight is 417 g/mol. The van der Waals surface area contributed by atoms with E-state index < -0.39 is 18.5 Å². The standard InChI is InChI=1S/C21H37F5O2/c22-20(23,21(24,25)26)15-10-7-5-3-1-2-4-6-8-11-16-27-18-14-19-13-9-12-17-28-19/h19H,1-18H2. The van der Waals surface area contributed by atoms with Crippen LogP contribution in [0.1, 0.15) is 96.3 Å². The summed E-state index contributed by atoms with van der Waals surface area (Å²) >= 11 is 0. The van der Waals surface area contributed by atoms with Crippen molar-refractivity contribution < 1.29 is 31.4 Å². The van der Waals surface area contributed by atoms with Crippen LogP contribution in [-0.4, -0.2) is 38.0 Å². The van der Waals surface area contributed by atoms with Gasteiger partial charge in [0.2, 0.25) is 0 Å². The number of hydrogen-bond acceptors (Lipinski definition) is 2. The van der Waals surface area contributed by atoms with Crippen LogP contribution >= 0.6 is 0 Å². The largest absolute Gasteiger partial charge is 0.453 e. The molecule has 1 saturated heterocycles. The molecule has 168 valence electrons. The van der Waals surface area contributed by atoms with Crippen LogP contribution in [0.2, 0.25) is 0 Å². The lowest BCUT2D eigenvalue weighted by Crippen LogP contribution is -2.36. The van der Waals surface area contributed by atoms with Crippen molar-refractivity contribution in [2.75, 3.05) is 19.8 Å². The van der Waals surface area contributed by atoms with E-state index in [2.05, 4.69) is 0 Å². The summed E-state index contributed by atoms with van der Waals surface area (Å²) in [6, 6.07) is 0. The van der Waals surface area contributed by atoms with Crippen molar-refractivity contribution in [2.45, 2.75) is 115 Å². The lowest BCUT2D eigenvalue weighted by molar-refractivity contribution is -0.284. The quantitative estimate of drug-likeness (QED) is 0.192. The summed E-state index contributed by atoms with van der Waals surface area (Å²) in [5, 5.41) is 0. The van der Waals surface area contributed by atoms with E-state index in [4.69, 9.17) is 9.47 Å². The molecule has 0 aromatic heterocycles. The summed E-state index contributed by atoms with van der Waals surface area (Å²) in [4.78, 5) is 0. The Morgan fingerprint density at radius 1 is 0.714 bits per heavy atom. The predicted molar refractivity (Wildman–Crippen MR) is 101 cm³/mol. The first-order valence-corrected chi connectivity index (χ1v) is 11.0. The van der Waals surface area contributed by atoms with Gasteiger partial charge in [-0.2, -0.15) is 22.0 Å². The highest BCUT2D eigenvalue weighted by Crippen LogP contribution is 2.39. The molecule has 0 N–H and O–H groups in total. The fraction of sp³-hybridized carbons (Fsp3) is 1.00. The Morgan fingerprint density at radius 3 is 1.82 bits per heavy atom. The first-order chi connectivity index (χ1) is 13.3. The molecule has 0 radical (unpaired) electrons. The third-order valence-electron chi connectivity index (χ3n) is 5.30. The molecule has 0 bridgehead atoms. The molecule has 0 aromatic rings. The first kappa shape index (κ1) is 25.6. The molecule has 1 unspecified atom stereocenters. The molecule has 0 aromatic carbocycles. The van der Waals surface area contributed by atoms with Crippen LogP contribution in [0.25, 0.3) is 0 Å². The Labute approximate surface area is 166 Å². The van der Waals surface area contributed by atoms with Gasteiger partial charge in [-0.05, 0) is 38.5 Å². The molecule has 1 fully saturated rings. The third kappa shape index (κ3) is 12.2. The summed E-state index contributed by atoms with van der Waals surface area (Å²) in [6.07, 6.45) is 7.11. The number of rotatable bonds is 16. The molecule has 0 saturated carbocycles. The molecule has 28 heavy (non-hydrogen) atoms. The molecule has 7 heteroatoms. The van der Waals surface area contributed by atoms with E-state index in [9.17, 15) is 22.0 Å². The number of ether oxygens (including phenoxy) is 2. The van der Waals surface area contributed by atoms with Gasteiger partial charge in [-0.3, -0.25) is 0 Å². The molecule has 1 aliphatic heterocycles. The van der Waals surface area contributed by atoms with Gasteiger partial charge in [0.05, 0.1) is 6.10 Å². The Morgan fingerprint density at radius 2 is 1.29 bits per heavy atom. The van der Waals surface area contributed by atoms with Gasteiger partial charge >= 0.3 is 12.1 Å². The van der Waals surface area contributed by atoms with Crippen molar-refractivity contribution in [1.29, 1.82) is 0 Å². The van der Waals surface area contributed by atoms with Gasteiger partial charge in [-0.15, -0.1) is 0 Å². The second-order valence-electron chi connectivity index (χ2n) is 7.88. The van der Waals surface area contributed by atoms with Gasteiger partial charge in [0.1, 0.15) is 0 Å². The van der Waals surface area contributed by atoms with Crippen LogP contribution in [0.3, 0.4) is 0 Å². The fourth-order valence-corrected chi connectivity index (χ4v) is 3.46. The van der Waals surface area contributed by atoms with Crippen molar-refractivity contribution in [1.82, 2.24) is 0 Å². The zero-order chi connectivity index (χ0) is 20.7. The molecule has 0 amide bonds. The van der Waals surface area contributed by atoms with E-state index in [1.165, 1.54) is 12.8 Å². The van der Waals surface area contributed by atoms with Crippen molar-refractivity contribution in [2.24, 2.45) is 0 Å². The second kappa shape index (κ2) is 14.5. The molecule has 1 aliphatic rings. The van der Waals surface area contributed by atoms with E-state index >= 15 is 0 Å². The topological polar surface area (TPSA) is 18.5 Å². The third-order valence-corrected chi connectivity index (χ3v) is 5.30. The van der Waals surface area contributed by atoms with Crippen LogP contribution in [0, 0.1) is 0 Å². The summed E-state index contributed by atoms with van der Waals surface area (Å²) in [5.41, 5.74) is 0. The Kier molecular flexibility index (Phi) is 13.3. The van der Waals surface area contributed by atoms with Gasteiger partial charge in [-0.25, -0.2) is 0 Å². The highest BCUT2D eigenvalue weighted by atomic mass is 19.4. The summed E-state index contributed by atoms with van der Waals surface area (Å²) in [5.74, 6) is -4.54. The number of alkyl halides is 5. The number of unbranched alkanes of at least 4 members (excludes halogenated alkanes) is 9. The van der Waals surface area contributed by atoms with Gasteiger partial charge < -0.3 is 9.47 Å². The van der Waals surface area contributed by atoms with Crippen molar-refractivity contribution in [3.05, 3.63) is 0 Å². The van der Waals surface area contributed by atoms with E-state index in [1.54, 1.807) is 0 Å². The zero-order valence-corrected chi connectivity index (χ0v) is 17.0. The minimum atomic E-state index is -5.41. The van der Waals surface area contributed by atoms with E-state index in [1.807, 2.05) is 0 Å². The molecular formula is C21H37F5O2. The van der Waals surface area contributed by atoms with Gasteiger partial charge in [0.25, 0.3) is 0 Å². The van der Waals surface area contributed by atoms with Crippen LogP contribution < -0.4 is 0 Å². The van der Waals surface area contributed by atoms with E-state index in [0.717, 1.165) is 84.0 Å². The molecule has 1 heterocycles. The molecule has 1 atom stereocenters. The maximum atomic E-state index is 12.7. The summed E-state index contributed by atoms with van der Waals surface area (Å²) in [7, 11) is 0. The number of hydrogen-bond donors (Lipinski definition) is 0. The predicted octanol–water partition coefficient (Wildman–Crippen LogP) is 7.45. The van der Waals surface area contributed by atoms with Crippen LogP contribution in [0.15, 0.2) is 0 Å². The van der Waals surface area contributed by atoms with E-state index in [-0.39, 0.29) is 6.42 Å². The van der Waals surface area contributed by atoms with Crippen LogP contribution in [0.5, 0.6) is 0 Å². The van der Waals surface area contributed by atoms with Gasteiger partial charge in [0.15, 0.2) is 0 Å². The maximum Gasteiger partial charge on any atom is 0.453 e. The molecule has 1 rings (SSSR count). The molecule has 0 spiro atoms. The fourth-order valence-electron chi connectivity index (χ4n) is 3.46. The zero-order valence-electron chi connectivity index (χ0n) is 17.0. The minimum Gasteiger partial charge on any atom is -0.381 e. The Bertz CT molecular complexity index is 368. The smallest absolute Gasteiger partial charge is 0.381 e.